The molecule has 0 amide bonds. The number of hydrogen-bond donors (Lipinski definition) is 1. The zero-order valence-corrected chi connectivity index (χ0v) is 10.1. The molecular formula is C15H16O2. The highest BCUT2D eigenvalue weighted by atomic mass is 16.4. The van der Waals surface area contributed by atoms with Gasteiger partial charge in [-0.2, -0.15) is 0 Å². The van der Waals surface area contributed by atoms with E-state index in [9.17, 15) is 9.90 Å². The van der Waals surface area contributed by atoms with Crippen molar-refractivity contribution in [3.8, 4) is 0 Å². The Morgan fingerprint density at radius 3 is 2.59 bits per heavy atom. The quantitative estimate of drug-likeness (QED) is 0.860. The standard InChI is InChI=1S/C15H16O2/c1-3-10(2)12-9-8-11-6-4-5-7-13(11)14(12)15(16)17/h4-10H,3H2,1-2H3,(H,16,17). The van der Waals surface area contributed by atoms with Crippen LogP contribution in [0.5, 0.6) is 0 Å². The summed E-state index contributed by atoms with van der Waals surface area (Å²) in [5, 5.41) is 11.2. The molecule has 0 heterocycles. The summed E-state index contributed by atoms with van der Waals surface area (Å²) in [4.78, 5) is 11.5. The van der Waals surface area contributed by atoms with Gasteiger partial charge in [0.25, 0.3) is 0 Å². The Morgan fingerprint density at radius 2 is 1.94 bits per heavy atom. The summed E-state index contributed by atoms with van der Waals surface area (Å²) in [6, 6.07) is 11.6. The smallest absolute Gasteiger partial charge is 0.336 e. The van der Waals surface area contributed by atoms with Crippen LogP contribution >= 0.6 is 0 Å². The Bertz CT molecular complexity index is 558. The Balaban J connectivity index is 2.77. The summed E-state index contributed by atoms with van der Waals surface area (Å²) in [6.45, 7) is 4.14. The molecule has 2 aromatic carbocycles. The van der Waals surface area contributed by atoms with E-state index >= 15 is 0 Å². The highest BCUT2D eigenvalue weighted by Crippen LogP contribution is 2.29. The monoisotopic (exact) mass is 228 g/mol. The summed E-state index contributed by atoms with van der Waals surface area (Å²) >= 11 is 0. The number of benzene rings is 2. The minimum absolute atomic E-state index is 0.269. The van der Waals surface area contributed by atoms with E-state index in [0.717, 1.165) is 22.8 Å². The second kappa shape index (κ2) is 4.58. The number of fused-ring (bicyclic) bond motifs is 1. The number of aromatic carboxylic acids is 1. The van der Waals surface area contributed by atoms with Gasteiger partial charge in [-0.25, -0.2) is 4.79 Å². The summed E-state index contributed by atoms with van der Waals surface area (Å²) < 4.78 is 0. The van der Waals surface area contributed by atoms with Gasteiger partial charge in [0, 0.05) is 0 Å². The number of rotatable bonds is 3. The van der Waals surface area contributed by atoms with Gasteiger partial charge in [0.2, 0.25) is 0 Å². The van der Waals surface area contributed by atoms with Crippen LogP contribution in [-0.2, 0) is 0 Å². The first-order valence-corrected chi connectivity index (χ1v) is 5.90. The highest BCUT2D eigenvalue weighted by Gasteiger charge is 2.17. The molecular weight excluding hydrogens is 212 g/mol. The average Bonchev–Trinajstić information content (AvgIpc) is 2.36. The minimum atomic E-state index is -0.836. The van der Waals surface area contributed by atoms with E-state index in [1.54, 1.807) is 0 Å². The Morgan fingerprint density at radius 1 is 1.24 bits per heavy atom. The van der Waals surface area contributed by atoms with Crippen molar-refractivity contribution in [2.24, 2.45) is 0 Å². The molecule has 0 fully saturated rings. The van der Waals surface area contributed by atoms with Crippen molar-refractivity contribution in [2.45, 2.75) is 26.2 Å². The molecule has 2 rings (SSSR count). The molecule has 0 aliphatic rings. The summed E-state index contributed by atoms with van der Waals surface area (Å²) in [6.07, 6.45) is 0.943. The maximum atomic E-state index is 11.5. The van der Waals surface area contributed by atoms with Crippen LogP contribution in [0.3, 0.4) is 0 Å². The third-order valence-electron chi connectivity index (χ3n) is 3.32. The van der Waals surface area contributed by atoms with Crippen LogP contribution in [0.1, 0.15) is 42.1 Å². The first-order chi connectivity index (χ1) is 8.15. The largest absolute Gasteiger partial charge is 0.478 e. The van der Waals surface area contributed by atoms with Gasteiger partial charge in [-0.3, -0.25) is 0 Å². The van der Waals surface area contributed by atoms with Gasteiger partial charge in [0.1, 0.15) is 0 Å². The summed E-state index contributed by atoms with van der Waals surface area (Å²) in [7, 11) is 0. The predicted octanol–water partition coefficient (Wildman–Crippen LogP) is 4.05. The van der Waals surface area contributed by atoms with Crippen LogP contribution in [0.15, 0.2) is 36.4 Å². The minimum Gasteiger partial charge on any atom is -0.478 e. The van der Waals surface area contributed by atoms with Gasteiger partial charge in [-0.15, -0.1) is 0 Å². The predicted molar refractivity (Wildman–Crippen MR) is 69.6 cm³/mol. The van der Waals surface area contributed by atoms with E-state index in [4.69, 9.17) is 0 Å². The topological polar surface area (TPSA) is 37.3 Å². The Hall–Kier alpha value is -1.83. The van der Waals surface area contributed by atoms with Crippen molar-refractivity contribution in [3.63, 3.8) is 0 Å². The van der Waals surface area contributed by atoms with Crippen molar-refractivity contribution in [2.75, 3.05) is 0 Å². The van der Waals surface area contributed by atoms with Gasteiger partial charge in [-0.05, 0) is 28.7 Å². The molecule has 2 heteroatoms. The fourth-order valence-corrected chi connectivity index (χ4v) is 2.16. The maximum Gasteiger partial charge on any atom is 0.336 e. The molecule has 1 unspecified atom stereocenters. The zero-order chi connectivity index (χ0) is 12.4. The molecule has 0 saturated carbocycles. The normalized spacial score (nSPS) is 12.6. The third-order valence-corrected chi connectivity index (χ3v) is 3.32. The van der Waals surface area contributed by atoms with Gasteiger partial charge in [0.05, 0.1) is 5.56 Å². The van der Waals surface area contributed by atoms with Gasteiger partial charge >= 0.3 is 5.97 Å². The fraction of sp³-hybridized carbons (Fsp3) is 0.267. The van der Waals surface area contributed by atoms with E-state index in [-0.39, 0.29) is 5.92 Å². The fourth-order valence-electron chi connectivity index (χ4n) is 2.16. The zero-order valence-electron chi connectivity index (χ0n) is 10.1. The molecule has 1 atom stereocenters. The van der Waals surface area contributed by atoms with Crippen molar-refractivity contribution in [3.05, 3.63) is 47.5 Å². The van der Waals surface area contributed by atoms with Crippen LogP contribution in [-0.4, -0.2) is 11.1 Å². The molecule has 0 saturated heterocycles. The SMILES string of the molecule is CCC(C)c1ccc2ccccc2c1C(=O)O. The number of carboxylic acid groups (broad SMARTS) is 1. The number of carbonyl (C=O) groups is 1. The molecule has 0 aliphatic heterocycles. The van der Waals surface area contributed by atoms with E-state index in [2.05, 4.69) is 13.8 Å². The number of hydrogen-bond acceptors (Lipinski definition) is 1. The molecule has 0 radical (unpaired) electrons. The van der Waals surface area contributed by atoms with E-state index in [1.165, 1.54) is 0 Å². The van der Waals surface area contributed by atoms with Crippen LogP contribution in [0.2, 0.25) is 0 Å². The Kier molecular flexibility index (Phi) is 3.14. The molecule has 0 aromatic heterocycles. The molecule has 2 nitrogen and oxygen atoms in total. The molecule has 0 aliphatic carbocycles. The van der Waals surface area contributed by atoms with Gasteiger partial charge in [0.15, 0.2) is 0 Å². The maximum absolute atomic E-state index is 11.5. The van der Waals surface area contributed by atoms with Crippen molar-refractivity contribution >= 4 is 16.7 Å². The molecule has 17 heavy (non-hydrogen) atoms. The lowest BCUT2D eigenvalue weighted by molar-refractivity contribution is 0.0697. The van der Waals surface area contributed by atoms with E-state index < -0.39 is 5.97 Å². The molecule has 0 bridgehead atoms. The van der Waals surface area contributed by atoms with Gasteiger partial charge < -0.3 is 5.11 Å². The molecule has 1 N–H and O–H groups in total. The number of carboxylic acids is 1. The molecule has 88 valence electrons. The molecule has 2 aromatic rings. The summed E-state index contributed by atoms with van der Waals surface area (Å²) in [5.41, 5.74) is 1.39. The second-order valence-corrected chi connectivity index (χ2v) is 4.37. The van der Waals surface area contributed by atoms with Crippen LogP contribution in [0, 0.1) is 0 Å². The lowest BCUT2D eigenvalue weighted by atomic mass is 9.90. The van der Waals surface area contributed by atoms with E-state index in [1.807, 2.05) is 36.4 Å². The second-order valence-electron chi connectivity index (χ2n) is 4.37. The van der Waals surface area contributed by atoms with Crippen molar-refractivity contribution in [1.29, 1.82) is 0 Å². The summed E-state index contributed by atoms with van der Waals surface area (Å²) in [5.74, 6) is -0.567. The lowest BCUT2D eigenvalue weighted by Gasteiger charge is -2.14. The highest BCUT2D eigenvalue weighted by molar-refractivity contribution is 6.05. The van der Waals surface area contributed by atoms with Crippen molar-refractivity contribution < 1.29 is 9.90 Å². The van der Waals surface area contributed by atoms with Gasteiger partial charge in [-0.1, -0.05) is 50.2 Å². The van der Waals surface area contributed by atoms with Crippen LogP contribution < -0.4 is 0 Å². The van der Waals surface area contributed by atoms with Crippen LogP contribution in [0.25, 0.3) is 10.8 Å². The van der Waals surface area contributed by atoms with E-state index in [0.29, 0.717) is 5.56 Å². The lowest BCUT2D eigenvalue weighted by Crippen LogP contribution is -2.06. The third kappa shape index (κ3) is 2.03. The first kappa shape index (κ1) is 11.6. The molecule has 0 spiro atoms. The average molecular weight is 228 g/mol. The Labute approximate surface area is 101 Å². The first-order valence-electron chi connectivity index (χ1n) is 5.90. The van der Waals surface area contributed by atoms with Crippen LogP contribution in [0.4, 0.5) is 0 Å². The van der Waals surface area contributed by atoms with Crippen molar-refractivity contribution in [1.82, 2.24) is 0 Å².